The maximum atomic E-state index is 2.51. The van der Waals surface area contributed by atoms with E-state index in [9.17, 15) is 0 Å². The average molecular weight is 408 g/mol. The molecule has 22 heavy (non-hydrogen) atoms. The zero-order valence-corrected chi connectivity index (χ0v) is 16.8. The van der Waals surface area contributed by atoms with Crippen LogP contribution in [0.15, 0.2) is 42.0 Å². The predicted molar refractivity (Wildman–Crippen MR) is 107 cm³/mol. The summed E-state index contributed by atoms with van der Waals surface area (Å²) in [5, 5.41) is 0. The Morgan fingerprint density at radius 1 is 1.09 bits per heavy atom. The molecule has 0 nitrogen and oxygen atoms in total. The SMILES string of the molecule is CCC/C=C1\C(C)(C)CC=C(c2ccc(CI)cc2)C1(C)C. The number of hydrogen-bond donors (Lipinski definition) is 0. The second kappa shape index (κ2) is 6.90. The fourth-order valence-corrected chi connectivity index (χ4v) is 4.29. The fourth-order valence-electron chi connectivity index (χ4n) is 3.79. The van der Waals surface area contributed by atoms with Gasteiger partial charge in [0.15, 0.2) is 0 Å². The summed E-state index contributed by atoms with van der Waals surface area (Å²) in [5.74, 6) is 0. The molecule has 0 spiro atoms. The molecule has 120 valence electrons. The monoisotopic (exact) mass is 408 g/mol. The Labute approximate surface area is 150 Å². The maximum absolute atomic E-state index is 2.51. The zero-order chi connectivity index (χ0) is 16.4. The lowest BCUT2D eigenvalue weighted by atomic mass is 9.59. The Kier molecular flexibility index (Phi) is 5.58. The standard InChI is InChI=1S/C21H29I/c1-6-7-8-19-20(2,3)14-13-18(21(19,4)5)17-11-9-16(15-22)10-12-17/h8-13H,6-7,14-15H2,1-5H3/b19-8+. The molecule has 0 heterocycles. The first-order valence-electron chi connectivity index (χ1n) is 8.40. The minimum absolute atomic E-state index is 0.114. The fraction of sp³-hybridized carbons (Fsp3) is 0.524. The third-order valence-corrected chi connectivity index (χ3v) is 5.83. The number of halogens is 1. The van der Waals surface area contributed by atoms with Crippen LogP contribution in [0.4, 0.5) is 0 Å². The van der Waals surface area contributed by atoms with Crippen molar-refractivity contribution in [3.63, 3.8) is 0 Å². The summed E-state index contributed by atoms with van der Waals surface area (Å²) in [7, 11) is 0. The zero-order valence-electron chi connectivity index (χ0n) is 14.7. The molecule has 0 fully saturated rings. The van der Waals surface area contributed by atoms with E-state index in [1.807, 2.05) is 0 Å². The van der Waals surface area contributed by atoms with Gasteiger partial charge in [0.1, 0.15) is 0 Å². The molecule has 0 radical (unpaired) electrons. The summed E-state index contributed by atoms with van der Waals surface area (Å²) < 4.78 is 1.08. The summed E-state index contributed by atoms with van der Waals surface area (Å²) in [6.07, 6.45) is 8.52. The van der Waals surface area contributed by atoms with Crippen LogP contribution in [-0.2, 0) is 4.43 Å². The number of allylic oxidation sites excluding steroid dienone is 4. The van der Waals surface area contributed by atoms with Crippen molar-refractivity contribution in [3.8, 4) is 0 Å². The van der Waals surface area contributed by atoms with Gasteiger partial charge in [0.2, 0.25) is 0 Å². The Balaban J connectivity index is 2.45. The van der Waals surface area contributed by atoms with Crippen LogP contribution < -0.4 is 0 Å². The van der Waals surface area contributed by atoms with E-state index in [-0.39, 0.29) is 10.8 Å². The van der Waals surface area contributed by atoms with Crippen molar-refractivity contribution in [2.75, 3.05) is 0 Å². The lowest BCUT2D eigenvalue weighted by Gasteiger charge is -2.45. The van der Waals surface area contributed by atoms with Gasteiger partial charge in [0.05, 0.1) is 0 Å². The van der Waals surface area contributed by atoms with Crippen LogP contribution in [-0.4, -0.2) is 0 Å². The van der Waals surface area contributed by atoms with Crippen molar-refractivity contribution in [2.45, 2.75) is 58.3 Å². The second-order valence-electron chi connectivity index (χ2n) is 7.57. The highest BCUT2D eigenvalue weighted by Gasteiger charge is 2.40. The average Bonchev–Trinajstić information content (AvgIpc) is 2.46. The Bertz CT molecular complexity index is 570. The molecule has 0 unspecified atom stereocenters. The van der Waals surface area contributed by atoms with Gasteiger partial charge < -0.3 is 0 Å². The molecule has 0 amide bonds. The molecule has 1 aliphatic rings. The van der Waals surface area contributed by atoms with E-state index in [0.29, 0.717) is 0 Å². The van der Waals surface area contributed by atoms with Crippen LogP contribution in [0.25, 0.3) is 5.57 Å². The van der Waals surface area contributed by atoms with Gasteiger partial charge in [-0.15, -0.1) is 0 Å². The van der Waals surface area contributed by atoms with Gasteiger partial charge in [-0.3, -0.25) is 0 Å². The molecule has 0 bridgehead atoms. The van der Waals surface area contributed by atoms with Gasteiger partial charge in [-0.2, -0.15) is 0 Å². The third-order valence-electron chi connectivity index (χ3n) is 4.95. The molecule has 0 N–H and O–H groups in total. The Morgan fingerprint density at radius 2 is 1.73 bits per heavy atom. The first-order chi connectivity index (χ1) is 10.3. The molecule has 2 rings (SSSR count). The second-order valence-corrected chi connectivity index (χ2v) is 8.33. The summed E-state index contributed by atoms with van der Waals surface area (Å²) in [6.45, 7) is 11.8. The van der Waals surface area contributed by atoms with Crippen molar-refractivity contribution in [1.29, 1.82) is 0 Å². The largest absolute Gasteiger partial charge is 0.0839 e. The number of rotatable bonds is 4. The molecule has 0 saturated carbocycles. The van der Waals surface area contributed by atoms with Crippen molar-refractivity contribution in [2.24, 2.45) is 10.8 Å². The van der Waals surface area contributed by atoms with E-state index in [1.54, 1.807) is 5.57 Å². The summed E-state index contributed by atoms with van der Waals surface area (Å²) in [4.78, 5) is 0. The van der Waals surface area contributed by atoms with Crippen LogP contribution in [0.5, 0.6) is 0 Å². The van der Waals surface area contributed by atoms with Gasteiger partial charge in [-0.1, -0.05) is 106 Å². The molecule has 0 aliphatic heterocycles. The molecule has 1 heteroatoms. The molecule has 0 atom stereocenters. The van der Waals surface area contributed by atoms with Gasteiger partial charge in [-0.25, -0.2) is 0 Å². The van der Waals surface area contributed by atoms with E-state index in [4.69, 9.17) is 0 Å². The molecule has 0 saturated heterocycles. The lowest BCUT2D eigenvalue weighted by Crippen LogP contribution is -2.32. The van der Waals surface area contributed by atoms with Crippen LogP contribution >= 0.6 is 22.6 Å². The highest BCUT2D eigenvalue weighted by molar-refractivity contribution is 14.1. The smallest absolute Gasteiger partial charge is 0.0247 e. The van der Waals surface area contributed by atoms with Crippen LogP contribution in [0, 0.1) is 10.8 Å². The van der Waals surface area contributed by atoms with Crippen LogP contribution in [0.1, 0.15) is 65.0 Å². The first kappa shape index (κ1) is 17.8. The van der Waals surface area contributed by atoms with Crippen molar-refractivity contribution in [3.05, 3.63) is 53.1 Å². The van der Waals surface area contributed by atoms with E-state index in [2.05, 4.69) is 93.6 Å². The van der Waals surface area contributed by atoms with E-state index in [1.165, 1.54) is 29.5 Å². The highest BCUT2D eigenvalue weighted by Crippen LogP contribution is 2.53. The minimum atomic E-state index is 0.114. The first-order valence-corrected chi connectivity index (χ1v) is 9.92. The number of hydrogen-bond acceptors (Lipinski definition) is 0. The van der Waals surface area contributed by atoms with Crippen LogP contribution in [0.3, 0.4) is 0 Å². The van der Waals surface area contributed by atoms with Crippen LogP contribution in [0.2, 0.25) is 0 Å². The summed E-state index contributed by atoms with van der Waals surface area (Å²) in [5.41, 5.74) is 6.27. The van der Waals surface area contributed by atoms with E-state index in [0.717, 1.165) is 10.8 Å². The Morgan fingerprint density at radius 3 is 2.27 bits per heavy atom. The molecule has 1 aromatic carbocycles. The predicted octanol–water partition coefficient (Wildman–Crippen LogP) is 7.19. The Hall–Kier alpha value is -0.570. The van der Waals surface area contributed by atoms with Gasteiger partial charge in [0.25, 0.3) is 0 Å². The van der Waals surface area contributed by atoms with Crippen molar-refractivity contribution in [1.82, 2.24) is 0 Å². The maximum Gasteiger partial charge on any atom is 0.0247 e. The third kappa shape index (κ3) is 3.50. The quantitative estimate of drug-likeness (QED) is 0.281. The lowest BCUT2D eigenvalue weighted by molar-refractivity contribution is 0.352. The van der Waals surface area contributed by atoms with E-state index < -0.39 is 0 Å². The molecule has 1 aliphatic carbocycles. The van der Waals surface area contributed by atoms with Crippen molar-refractivity contribution >= 4 is 28.2 Å². The van der Waals surface area contributed by atoms with E-state index >= 15 is 0 Å². The molecular formula is C21H29I. The van der Waals surface area contributed by atoms with Gasteiger partial charge in [0, 0.05) is 9.84 Å². The topological polar surface area (TPSA) is 0 Å². The highest BCUT2D eigenvalue weighted by atomic mass is 127. The number of unbranched alkanes of at least 4 members (excludes halogenated alkanes) is 1. The molecule has 0 aromatic heterocycles. The number of benzene rings is 1. The number of alkyl halides is 1. The van der Waals surface area contributed by atoms with Crippen molar-refractivity contribution < 1.29 is 0 Å². The normalized spacial score (nSPS) is 21.7. The summed E-state index contributed by atoms with van der Waals surface area (Å²) in [6, 6.07) is 9.15. The van der Waals surface area contributed by atoms with Gasteiger partial charge in [-0.05, 0) is 35.0 Å². The minimum Gasteiger partial charge on any atom is -0.0839 e. The molecule has 1 aromatic rings. The molecular weight excluding hydrogens is 379 g/mol. The summed E-state index contributed by atoms with van der Waals surface area (Å²) >= 11 is 2.43. The van der Waals surface area contributed by atoms with Gasteiger partial charge >= 0.3 is 0 Å².